The van der Waals surface area contributed by atoms with Crippen LogP contribution in [-0.4, -0.2) is 15.9 Å². The van der Waals surface area contributed by atoms with Crippen LogP contribution in [0.3, 0.4) is 0 Å². The lowest BCUT2D eigenvalue weighted by Crippen LogP contribution is -2.05. The largest absolute Gasteiger partial charge is 0.366 e. The zero-order chi connectivity index (χ0) is 8.10. The molecule has 1 heterocycles. The Bertz CT molecular complexity index is 268. The van der Waals surface area contributed by atoms with Gasteiger partial charge in [0.2, 0.25) is 5.91 Å². The monoisotopic (exact) mass is 149 g/mol. The summed E-state index contributed by atoms with van der Waals surface area (Å²) in [6.45, 7) is 0. The van der Waals surface area contributed by atoms with E-state index in [1.807, 2.05) is 0 Å². The van der Waals surface area contributed by atoms with E-state index >= 15 is 0 Å². The molecule has 4 heteroatoms. The van der Waals surface area contributed by atoms with Crippen molar-refractivity contribution in [1.29, 1.82) is 0 Å². The number of aromatic nitrogens is 2. The minimum Gasteiger partial charge on any atom is -0.366 e. The Labute approximate surface area is 63.8 Å². The van der Waals surface area contributed by atoms with Gasteiger partial charge < -0.3 is 5.73 Å². The lowest BCUT2D eigenvalue weighted by atomic mass is 10.3. The summed E-state index contributed by atoms with van der Waals surface area (Å²) in [5.74, 6) is -0.478. The Morgan fingerprint density at radius 1 is 1.45 bits per heavy atom. The predicted molar refractivity (Wildman–Crippen MR) is 40.3 cm³/mol. The fourth-order valence-electron chi connectivity index (χ4n) is 0.575. The first-order valence-corrected chi connectivity index (χ1v) is 3.01. The van der Waals surface area contributed by atoms with Crippen LogP contribution < -0.4 is 5.73 Å². The van der Waals surface area contributed by atoms with Crippen molar-refractivity contribution >= 4 is 12.0 Å². The first kappa shape index (κ1) is 7.40. The first-order valence-electron chi connectivity index (χ1n) is 3.01. The van der Waals surface area contributed by atoms with Crippen molar-refractivity contribution in [1.82, 2.24) is 9.97 Å². The molecule has 0 aromatic carbocycles. The van der Waals surface area contributed by atoms with E-state index in [4.69, 9.17) is 5.73 Å². The fraction of sp³-hybridized carbons (Fsp3) is 0. The summed E-state index contributed by atoms with van der Waals surface area (Å²) >= 11 is 0. The average molecular weight is 149 g/mol. The van der Waals surface area contributed by atoms with Gasteiger partial charge in [-0.25, -0.2) is 9.97 Å². The molecule has 1 amide bonds. The molecule has 0 spiro atoms. The third-order valence-electron chi connectivity index (χ3n) is 1.02. The normalized spacial score (nSPS) is 10.2. The average Bonchev–Trinajstić information content (AvgIpc) is 2.03. The van der Waals surface area contributed by atoms with Crippen LogP contribution in [0, 0.1) is 0 Å². The Hall–Kier alpha value is -1.71. The number of hydrogen-bond donors (Lipinski definition) is 1. The smallest absolute Gasteiger partial charge is 0.241 e. The molecule has 4 nitrogen and oxygen atoms in total. The molecule has 0 aliphatic rings. The Morgan fingerprint density at radius 3 is 2.64 bits per heavy atom. The predicted octanol–water partition coefficient (Wildman–Crippen LogP) is -0.0249. The standard InChI is InChI=1S/C7H7N3O/c8-7(11)2-1-6-3-9-5-10-4-6/h1-5H,(H2,8,11). The maximum absolute atomic E-state index is 10.3. The second kappa shape index (κ2) is 3.46. The van der Waals surface area contributed by atoms with Gasteiger partial charge in [0.25, 0.3) is 0 Å². The highest BCUT2D eigenvalue weighted by atomic mass is 16.1. The first-order chi connectivity index (χ1) is 5.29. The molecule has 1 rings (SSSR count). The van der Waals surface area contributed by atoms with Crippen molar-refractivity contribution in [3.05, 3.63) is 30.4 Å². The van der Waals surface area contributed by atoms with Gasteiger partial charge in [0.1, 0.15) is 6.33 Å². The van der Waals surface area contributed by atoms with E-state index in [-0.39, 0.29) is 0 Å². The van der Waals surface area contributed by atoms with Crippen LogP contribution in [0.2, 0.25) is 0 Å². The molecule has 0 fully saturated rings. The van der Waals surface area contributed by atoms with Gasteiger partial charge >= 0.3 is 0 Å². The lowest BCUT2D eigenvalue weighted by Gasteiger charge is -1.86. The number of rotatable bonds is 2. The molecule has 1 aromatic rings. The van der Waals surface area contributed by atoms with E-state index in [0.29, 0.717) is 0 Å². The van der Waals surface area contributed by atoms with E-state index in [2.05, 4.69) is 9.97 Å². The lowest BCUT2D eigenvalue weighted by molar-refractivity contribution is -0.113. The summed E-state index contributed by atoms with van der Waals surface area (Å²) in [5.41, 5.74) is 5.63. The van der Waals surface area contributed by atoms with Gasteiger partial charge in [-0.3, -0.25) is 4.79 Å². The van der Waals surface area contributed by atoms with Crippen molar-refractivity contribution in [2.75, 3.05) is 0 Å². The Balaban J connectivity index is 2.72. The highest BCUT2D eigenvalue weighted by molar-refractivity contribution is 5.90. The Morgan fingerprint density at radius 2 is 2.09 bits per heavy atom. The van der Waals surface area contributed by atoms with Crippen molar-refractivity contribution in [3.63, 3.8) is 0 Å². The SMILES string of the molecule is NC(=O)C=Cc1cncnc1. The van der Waals surface area contributed by atoms with E-state index in [1.54, 1.807) is 18.5 Å². The van der Waals surface area contributed by atoms with Gasteiger partial charge in [-0.1, -0.05) is 0 Å². The molecule has 0 atom stereocenters. The summed E-state index contributed by atoms with van der Waals surface area (Å²) < 4.78 is 0. The summed E-state index contributed by atoms with van der Waals surface area (Å²) in [6, 6.07) is 0. The summed E-state index contributed by atoms with van der Waals surface area (Å²) in [5, 5.41) is 0. The van der Waals surface area contributed by atoms with Crippen LogP contribution in [0.5, 0.6) is 0 Å². The number of primary amides is 1. The van der Waals surface area contributed by atoms with Crippen molar-refractivity contribution in [2.45, 2.75) is 0 Å². The number of hydrogen-bond acceptors (Lipinski definition) is 3. The molecule has 0 radical (unpaired) electrons. The number of nitrogens with zero attached hydrogens (tertiary/aromatic N) is 2. The molecule has 11 heavy (non-hydrogen) atoms. The quantitative estimate of drug-likeness (QED) is 0.600. The fourth-order valence-corrected chi connectivity index (χ4v) is 0.575. The third kappa shape index (κ3) is 2.57. The zero-order valence-electron chi connectivity index (χ0n) is 5.77. The molecule has 0 bridgehead atoms. The summed E-state index contributed by atoms with van der Waals surface area (Å²) in [7, 11) is 0. The van der Waals surface area contributed by atoms with Gasteiger partial charge in [0.05, 0.1) is 0 Å². The van der Waals surface area contributed by atoms with Crippen LogP contribution in [0.25, 0.3) is 6.08 Å². The summed E-state index contributed by atoms with van der Waals surface area (Å²) in [4.78, 5) is 17.8. The van der Waals surface area contributed by atoms with Gasteiger partial charge in [0.15, 0.2) is 0 Å². The van der Waals surface area contributed by atoms with Gasteiger partial charge in [-0.2, -0.15) is 0 Å². The van der Waals surface area contributed by atoms with Crippen LogP contribution in [0.15, 0.2) is 24.8 Å². The second-order valence-electron chi connectivity index (χ2n) is 1.91. The van der Waals surface area contributed by atoms with Crippen LogP contribution >= 0.6 is 0 Å². The zero-order valence-corrected chi connectivity index (χ0v) is 5.77. The number of carbonyl (C=O) groups excluding carboxylic acids is 1. The molecule has 0 aliphatic heterocycles. The van der Waals surface area contributed by atoms with Crippen LogP contribution in [0.4, 0.5) is 0 Å². The third-order valence-corrected chi connectivity index (χ3v) is 1.02. The highest BCUT2D eigenvalue weighted by Crippen LogP contribution is 1.94. The van der Waals surface area contributed by atoms with Crippen molar-refractivity contribution < 1.29 is 4.79 Å². The number of amides is 1. The molecule has 0 saturated carbocycles. The van der Waals surface area contributed by atoms with Gasteiger partial charge in [-0.05, 0) is 6.08 Å². The van der Waals surface area contributed by atoms with E-state index < -0.39 is 5.91 Å². The van der Waals surface area contributed by atoms with Gasteiger partial charge in [-0.15, -0.1) is 0 Å². The molecule has 56 valence electrons. The van der Waals surface area contributed by atoms with Crippen molar-refractivity contribution in [2.24, 2.45) is 5.73 Å². The highest BCUT2D eigenvalue weighted by Gasteiger charge is 1.85. The van der Waals surface area contributed by atoms with Crippen LogP contribution in [-0.2, 0) is 4.79 Å². The second-order valence-corrected chi connectivity index (χ2v) is 1.91. The molecule has 0 unspecified atom stereocenters. The molecule has 1 aromatic heterocycles. The van der Waals surface area contributed by atoms with Crippen molar-refractivity contribution in [3.8, 4) is 0 Å². The van der Waals surface area contributed by atoms with E-state index in [0.717, 1.165) is 5.56 Å². The van der Waals surface area contributed by atoms with Gasteiger partial charge in [0, 0.05) is 24.0 Å². The summed E-state index contributed by atoms with van der Waals surface area (Å²) in [6.07, 6.45) is 7.42. The molecule has 0 aliphatic carbocycles. The molecular weight excluding hydrogens is 142 g/mol. The minimum absolute atomic E-state index is 0.478. The van der Waals surface area contributed by atoms with Crippen LogP contribution in [0.1, 0.15) is 5.56 Å². The maximum Gasteiger partial charge on any atom is 0.241 e. The molecule has 0 saturated heterocycles. The van der Waals surface area contributed by atoms with E-state index in [1.165, 1.54) is 12.4 Å². The maximum atomic E-state index is 10.3. The number of carbonyl (C=O) groups is 1. The minimum atomic E-state index is -0.478. The Kier molecular flexibility index (Phi) is 2.32. The molecular formula is C7H7N3O. The van der Waals surface area contributed by atoms with E-state index in [9.17, 15) is 4.79 Å². The molecule has 2 N–H and O–H groups in total. The topological polar surface area (TPSA) is 68.9 Å². The number of nitrogens with two attached hydrogens (primary N) is 1.